The number of rotatable bonds is 6. The quantitative estimate of drug-likeness (QED) is 0.435. The van der Waals surface area contributed by atoms with E-state index in [1.807, 2.05) is 0 Å². The van der Waals surface area contributed by atoms with E-state index in [4.69, 9.17) is 9.11 Å². The molecule has 0 spiro atoms. The van der Waals surface area contributed by atoms with Crippen LogP contribution in [0.4, 0.5) is 0 Å². The predicted octanol–water partition coefficient (Wildman–Crippen LogP) is 0.131. The van der Waals surface area contributed by atoms with Crippen molar-refractivity contribution in [2.24, 2.45) is 0 Å². The van der Waals surface area contributed by atoms with Crippen molar-refractivity contribution in [1.82, 2.24) is 0 Å². The summed E-state index contributed by atoms with van der Waals surface area (Å²) in [5, 5.41) is 0. The van der Waals surface area contributed by atoms with Crippen molar-refractivity contribution in [1.29, 1.82) is 0 Å². The maximum atomic E-state index is 11.9. The molecule has 120 valence electrons. The lowest BCUT2D eigenvalue weighted by Gasteiger charge is -2.07. The minimum Gasteiger partial charge on any atom is -0.282 e. The van der Waals surface area contributed by atoms with Gasteiger partial charge in [0.25, 0.3) is 10.1 Å². The Kier molecular flexibility index (Phi) is 5.73. The Morgan fingerprint density at radius 1 is 1.05 bits per heavy atom. The van der Waals surface area contributed by atoms with Crippen LogP contribution in [0.5, 0.6) is 0 Å². The van der Waals surface area contributed by atoms with Crippen LogP contribution in [-0.2, 0) is 34.5 Å². The number of halogens is 1. The highest BCUT2D eigenvalue weighted by Crippen LogP contribution is 2.22. The second kappa shape index (κ2) is 6.43. The zero-order chi connectivity index (χ0) is 16.5. The number of sulfone groups is 1. The van der Waals surface area contributed by atoms with Crippen LogP contribution in [-0.4, -0.2) is 46.7 Å². The fourth-order valence-electron chi connectivity index (χ4n) is 1.24. The Balaban J connectivity index is 3.10. The van der Waals surface area contributed by atoms with E-state index in [0.29, 0.717) is 0 Å². The summed E-state index contributed by atoms with van der Waals surface area (Å²) in [6.07, 6.45) is 0. The van der Waals surface area contributed by atoms with Crippen LogP contribution < -0.4 is 0 Å². The normalized spacial score (nSPS) is 13.3. The van der Waals surface area contributed by atoms with E-state index in [1.54, 1.807) is 22.6 Å². The zero-order valence-corrected chi connectivity index (χ0v) is 14.6. The molecular formula is C8H9IO9S3. The monoisotopic (exact) mass is 472 g/mol. The molecule has 0 aromatic heterocycles. The first-order valence-corrected chi connectivity index (χ1v) is 10.5. The van der Waals surface area contributed by atoms with Crippen LogP contribution in [0.15, 0.2) is 28.0 Å². The molecule has 1 aromatic rings. The summed E-state index contributed by atoms with van der Waals surface area (Å²) in [5.41, 5.74) is 0. The van der Waals surface area contributed by atoms with Gasteiger partial charge >= 0.3 is 10.4 Å². The summed E-state index contributed by atoms with van der Waals surface area (Å²) in [5.74, 6) is -0.807. The third-order valence-corrected chi connectivity index (χ3v) is 6.47. The van der Waals surface area contributed by atoms with Crippen LogP contribution in [0.2, 0.25) is 0 Å². The van der Waals surface area contributed by atoms with Gasteiger partial charge in [-0.15, -0.1) is 0 Å². The third-order valence-electron chi connectivity index (χ3n) is 2.12. The SMILES string of the molecule is O=S(=O)(O)OCCS(=O)(=O)c1ccc(I)c(S(=O)(=O)O)c1. The van der Waals surface area contributed by atoms with Gasteiger partial charge < -0.3 is 0 Å². The highest BCUT2D eigenvalue weighted by molar-refractivity contribution is 14.1. The van der Waals surface area contributed by atoms with Gasteiger partial charge in [0.05, 0.1) is 17.3 Å². The molecule has 1 rings (SSSR count). The number of benzene rings is 1. The summed E-state index contributed by atoms with van der Waals surface area (Å²) in [7, 11) is -13.4. The van der Waals surface area contributed by atoms with Crippen molar-refractivity contribution in [3.63, 3.8) is 0 Å². The van der Waals surface area contributed by atoms with Crippen molar-refractivity contribution in [3.05, 3.63) is 21.8 Å². The molecule has 21 heavy (non-hydrogen) atoms. The van der Waals surface area contributed by atoms with Crippen molar-refractivity contribution in [2.75, 3.05) is 12.4 Å². The molecule has 0 saturated carbocycles. The minimum absolute atomic E-state index is 0.114. The highest BCUT2D eigenvalue weighted by atomic mass is 127. The summed E-state index contributed by atoms with van der Waals surface area (Å²) in [6.45, 7) is -0.839. The molecule has 2 N–H and O–H groups in total. The molecule has 0 heterocycles. The van der Waals surface area contributed by atoms with Gasteiger partial charge in [0.15, 0.2) is 9.84 Å². The smallest absolute Gasteiger partial charge is 0.282 e. The molecule has 0 saturated heterocycles. The third kappa shape index (κ3) is 5.76. The average molecular weight is 472 g/mol. The van der Waals surface area contributed by atoms with Crippen LogP contribution in [0.25, 0.3) is 0 Å². The largest absolute Gasteiger partial charge is 0.397 e. The lowest BCUT2D eigenvalue weighted by Crippen LogP contribution is -2.16. The Labute approximate surface area is 135 Å². The Hall–Kier alpha value is -0.320. The Morgan fingerprint density at radius 3 is 2.10 bits per heavy atom. The molecular weight excluding hydrogens is 463 g/mol. The van der Waals surface area contributed by atoms with Crippen LogP contribution >= 0.6 is 22.6 Å². The summed E-state index contributed by atoms with van der Waals surface area (Å²) >= 11 is 1.60. The first kappa shape index (κ1) is 18.7. The van der Waals surface area contributed by atoms with E-state index in [-0.39, 0.29) is 3.57 Å². The van der Waals surface area contributed by atoms with Gasteiger partial charge in [0.2, 0.25) is 0 Å². The maximum absolute atomic E-state index is 11.9. The van der Waals surface area contributed by atoms with Crippen molar-refractivity contribution in [2.45, 2.75) is 9.79 Å². The highest BCUT2D eigenvalue weighted by Gasteiger charge is 2.21. The molecule has 1 aromatic carbocycles. The molecule has 0 aliphatic rings. The first-order valence-electron chi connectivity index (χ1n) is 4.94. The van der Waals surface area contributed by atoms with Gasteiger partial charge in [-0.25, -0.2) is 12.6 Å². The Bertz CT molecular complexity index is 839. The Morgan fingerprint density at radius 2 is 1.62 bits per heavy atom. The summed E-state index contributed by atoms with van der Waals surface area (Å²) < 4.78 is 87.9. The van der Waals surface area contributed by atoms with Gasteiger partial charge in [-0.2, -0.15) is 16.8 Å². The van der Waals surface area contributed by atoms with E-state index in [2.05, 4.69) is 4.18 Å². The lowest BCUT2D eigenvalue weighted by atomic mass is 10.4. The van der Waals surface area contributed by atoms with Gasteiger partial charge in [0, 0.05) is 3.57 Å². The van der Waals surface area contributed by atoms with Crippen molar-refractivity contribution >= 4 is 52.9 Å². The van der Waals surface area contributed by atoms with Crippen molar-refractivity contribution in [3.8, 4) is 0 Å². The molecule has 0 fully saturated rings. The molecule has 0 atom stereocenters. The standard InChI is InChI=1S/C8H9IO9S3/c9-7-2-1-6(5-8(7)20(12,13)14)19(10,11)4-3-18-21(15,16)17/h1-2,5H,3-4H2,(H,12,13,14)(H,15,16,17). The summed E-state index contributed by atoms with van der Waals surface area (Å²) in [4.78, 5) is -1.02. The van der Waals surface area contributed by atoms with E-state index in [1.165, 1.54) is 6.07 Å². The fourth-order valence-corrected chi connectivity index (χ4v) is 4.59. The molecule has 13 heteroatoms. The average Bonchev–Trinajstić information content (AvgIpc) is 2.25. The van der Waals surface area contributed by atoms with E-state index in [9.17, 15) is 25.3 Å². The van der Waals surface area contributed by atoms with Gasteiger partial charge in [-0.05, 0) is 40.8 Å². The first-order chi connectivity index (χ1) is 9.33. The van der Waals surface area contributed by atoms with Crippen LogP contribution in [0.1, 0.15) is 0 Å². The molecule has 0 aliphatic carbocycles. The summed E-state index contributed by atoms with van der Waals surface area (Å²) in [6, 6.07) is 3.01. The molecule has 0 unspecified atom stereocenters. The second-order valence-corrected chi connectivity index (χ2v) is 9.39. The van der Waals surface area contributed by atoms with E-state index >= 15 is 0 Å². The molecule has 0 bridgehead atoms. The lowest BCUT2D eigenvalue weighted by molar-refractivity contribution is 0.284. The number of hydrogen-bond acceptors (Lipinski definition) is 7. The van der Waals surface area contributed by atoms with E-state index < -0.39 is 52.5 Å². The molecule has 9 nitrogen and oxygen atoms in total. The van der Waals surface area contributed by atoms with Crippen LogP contribution in [0, 0.1) is 3.57 Å². The molecule has 0 amide bonds. The van der Waals surface area contributed by atoms with Crippen molar-refractivity contribution < 1.29 is 38.5 Å². The van der Waals surface area contributed by atoms with E-state index in [0.717, 1.165) is 12.1 Å². The molecule has 0 radical (unpaired) electrons. The topological polar surface area (TPSA) is 152 Å². The number of hydrogen-bond donors (Lipinski definition) is 2. The van der Waals surface area contributed by atoms with Gasteiger partial charge in [-0.3, -0.25) is 9.11 Å². The second-order valence-electron chi connectivity index (χ2n) is 3.64. The molecule has 0 aliphatic heterocycles. The van der Waals surface area contributed by atoms with Gasteiger partial charge in [0.1, 0.15) is 4.90 Å². The maximum Gasteiger partial charge on any atom is 0.397 e. The fraction of sp³-hybridized carbons (Fsp3) is 0.250. The van der Waals surface area contributed by atoms with Gasteiger partial charge in [-0.1, -0.05) is 0 Å². The minimum atomic E-state index is -4.77. The zero-order valence-electron chi connectivity index (χ0n) is 10.0. The predicted molar refractivity (Wildman–Crippen MR) is 78.5 cm³/mol. The van der Waals surface area contributed by atoms with Crippen LogP contribution in [0.3, 0.4) is 0 Å².